The number of benzene rings is 7. The van der Waals surface area contributed by atoms with Gasteiger partial charge in [0.25, 0.3) is 0 Å². The zero-order chi connectivity index (χ0) is 38.4. The van der Waals surface area contributed by atoms with Crippen molar-refractivity contribution in [1.29, 1.82) is 5.26 Å². The maximum absolute atomic E-state index is 9.20. The largest absolute Gasteiger partial charge is 0.457 e. The number of hydrogen-bond donors (Lipinski definition) is 0. The molecule has 0 N–H and O–H groups in total. The fraction of sp³-hybridized carbons (Fsp3) is 0. The molecule has 0 bridgehead atoms. The number of nitrogens with zero attached hydrogens (tertiary/aromatic N) is 7. The monoisotopic (exact) mass is 733 g/mol. The summed E-state index contributed by atoms with van der Waals surface area (Å²) in [6, 6.07) is 62.9. The van der Waals surface area contributed by atoms with Crippen LogP contribution in [0.4, 0.5) is 0 Å². The Morgan fingerprint density at radius 2 is 0.596 bits per heavy atom. The van der Waals surface area contributed by atoms with Gasteiger partial charge in [-0.1, -0.05) is 152 Å². The van der Waals surface area contributed by atoms with Gasteiger partial charge in [0.05, 0.1) is 11.6 Å². The second-order valence-corrected chi connectivity index (χ2v) is 13.1. The van der Waals surface area contributed by atoms with Gasteiger partial charge in [0.15, 0.2) is 34.9 Å². The van der Waals surface area contributed by atoms with Crippen molar-refractivity contribution >= 4 is 0 Å². The molecule has 8 heteroatoms. The molecule has 0 radical (unpaired) electrons. The summed E-state index contributed by atoms with van der Waals surface area (Å²) in [4.78, 5) is 29.4. The Bertz CT molecular complexity index is 2800. The fourth-order valence-electron chi connectivity index (χ4n) is 6.37. The van der Waals surface area contributed by atoms with Crippen LogP contribution < -0.4 is 4.74 Å². The summed E-state index contributed by atoms with van der Waals surface area (Å²) in [5.41, 5.74) is 7.77. The van der Waals surface area contributed by atoms with Crippen molar-refractivity contribution in [2.24, 2.45) is 0 Å². The maximum Gasteiger partial charge on any atom is 0.164 e. The molecule has 0 aliphatic heterocycles. The molecule has 0 amide bonds. The molecule has 0 unspecified atom stereocenters. The Labute approximate surface area is 329 Å². The Kier molecular flexibility index (Phi) is 9.52. The molecule has 2 aromatic heterocycles. The van der Waals surface area contributed by atoms with Crippen LogP contribution in [0.15, 0.2) is 188 Å². The summed E-state index contributed by atoms with van der Waals surface area (Å²) < 4.78 is 6.47. The highest BCUT2D eigenvalue weighted by Gasteiger charge is 2.15. The van der Waals surface area contributed by atoms with Crippen LogP contribution in [0.5, 0.6) is 11.5 Å². The minimum Gasteiger partial charge on any atom is -0.457 e. The molecular weight excluding hydrogens is 703 g/mol. The van der Waals surface area contributed by atoms with Gasteiger partial charge in [-0.25, -0.2) is 29.9 Å². The molecule has 0 saturated carbocycles. The second kappa shape index (κ2) is 15.7. The van der Waals surface area contributed by atoms with E-state index in [1.165, 1.54) is 0 Å². The molecule has 9 rings (SSSR count). The van der Waals surface area contributed by atoms with Crippen molar-refractivity contribution in [2.75, 3.05) is 0 Å². The van der Waals surface area contributed by atoms with E-state index in [-0.39, 0.29) is 0 Å². The molecule has 57 heavy (non-hydrogen) atoms. The number of ether oxygens (including phenoxy) is 1. The van der Waals surface area contributed by atoms with Gasteiger partial charge in [-0.05, 0) is 47.5 Å². The molecule has 0 aliphatic carbocycles. The minimum absolute atomic E-state index is 0.515. The molecule has 7 aromatic carbocycles. The van der Waals surface area contributed by atoms with Gasteiger partial charge in [0.2, 0.25) is 0 Å². The molecule has 268 valence electrons. The van der Waals surface area contributed by atoms with Crippen LogP contribution in [0.2, 0.25) is 0 Å². The van der Waals surface area contributed by atoms with Crippen LogP contribution >= 0.6 is 0 Å². The van der Waals surface area contributed by atoms with Gasteiger partial charge in [-0.15, -0.1) is 0 Å². The van der Waals surface area contributed by atoms with E-state index in [0.717, 1.165) is 44.5 Å². The molecule has 0 atom stereocenters. The molecule has 0 saturated heterocycles. The smallest absolute Gasteiger partial charge is 0.164 e. The Hall–Kier alpha value is -8.15. The molecule has 0 fully saturated rings. The summed E-state index contributed by atoms with van der Waals surface area (Å²) in [5.74, 6) is 4.58. The van der Waals surface area contributed by atoms with Crippen LogP contribution in [0.25, 0.3) is 79.5 Å². The molecule has 8 nitrogen and oxygen atoms in total. The second-order valence-electron chi connectivity index (χ2n) is 13.1. The standard InChI is InChI=1S/C49H31N7O/c50-32-33-22-24-34(25-23-33)35-26-28-39(29-27-35)47-52-46(38-16-8-3-9-17-38)55-49(56-47)41-19-11-21-43(31-41)57-42-20-10-18-40(30-42)48-53-44(36-12-4-1-5-13-36)51-45(54-48)37-14-6-2-7-15-37/h1-31H. The van der Waals surface area contributed by atoms with Gasteiger partial charge < -0.3 is 4.74 Å². The fourth-order valence-corrected chi connectivity index (χ4v) is 6.37. The highest BCUT2D eigenvalue weighted by Crippen LogP contribution is 2.32. The van der Waals surface area contributed by atoms with E-state index in [4.69, 9.17) is 34.6 Å². The predicted molar refractivity (Wildman–Crippen MR) is 222 cm³/mol. The Morgan fingerprint density at radius 3 is 0.965 bits per heavy atom. The van der Waals surface area contributed by atoms with Crippen LogP contribution in [0.3, 0.4) is 0 Å². The lowest BCUT2D eigenvalue weighted by molar-refractivity contribution is 0.483. The molecule has 9 aromatic rings. The highest BCUT2D eigenvalue weighted by atomic mass is 16.5. The first-order chi connectivity index (χ1) is 28.1. The van der Waals surface area contributed by atoms with Crippen molar-refractivity contribution in [2.45, 2.75) is 0 Å². The zero-order valence-electron chi connectivity index (χ0n) is 30.4. The summed E-state index contributed by atoms with van der Waals surface area (Å²) in [6.07, 6.45) is 0. The normalized spacial score (nSPS) is 10.8. The lowest BCUT2D eigenvalue weighted by Crippen LogP contribution is -2.00. The highest BCUT2D eigenvalue weighted by molar-refractivity contribution is 5.72. The van der Waals surface area contributed by atoms with E-state index in [1.54, 1.807) is 0 Å². The van der Waals surface area contributed by atoms with E-state index in [1.807, 2.05) is 188 Å². The summed E-state index contributed by atoms with van der Waals surface area (Å²) in [7, 11) is 0. The SMILES string of the molecule is N#Cc1ccc(-c2ccc(-c3nc(-c4ccccc4)nc(-c4cccc(Oc5cccc(-c6nc(-c7ccccc7)nc(-c7ccccc7)n6)c5)c4)n3)cc2)cc1. The molecule has 2 heterocycles. The van der Waals surface area contributed by atoms with Gasteiger partial charge in [0.1, 0.15) is 11.5 Å². The number of aromatic nitrogens is 6. The van der Waals surface area contributed by atoms with Crippen LogP contribution in [-0.2, 0) is 0 Å². The van der Waals surface area contributed by atoms with Crippen LogP contribution in [0.1, 0.15) is 5.56 Å². The Morgan fingerprint density at radius 1 is 0.298 bits per heavy atom. The third-order valence-corrected chi connectivity index (χ3v) is 9.28. The van der Waals surface area contributed by atoms with E-state index < -0.39 is 0 Å². The maximum atomic E-state index is 9.20. The summed E-state index contributed by atoms with van der Waals surface area (Å²) in [5, 5.41) is 9.20. The van der Waals surface area contributed by atoms with E-state index in [0.29, 0.717) is 52.0 Å². The van der Waals surface area contributed by atoms with Crippen LogP contribution in [0, 0.1) is 11.3 Å². The van der Waals surface area contributed by atoms with E-state index in [2.05, 4.69) is 6.07 Å². The molecular formula is C49H31N7O. The third-order valence-electron chi connectivity index (χ3n) is 9.28. The van der Waals surface area contributed by atoms with Crippen LogP contribution in [-0.4, -0.2) is 29.9 Å². The lowest BCUT2D eigenvalue weighted by atomic mass is 10.0. The van der Waals surface area contributed by atoms with Gasteiger partial charge in [0, 0.05) is 33.4 Å². The first-order valence-corrected chi connectivity index (χ1v) is 18.3. The third kappa shape index (κ3) is 7.76. The number of nitriles is 1. The van der Waals surface area contributed by atoms with E-state index in [9.17, 15) is 5.26 Å². The average molecular weight is 734 g/mol. The lowest BCUT2D eigenvalue weighted by Gasteiger charge is -2.11. The Balaban J connectivity index is 1.04. The van der Waals surface area contributed by atoms with Crippen molar-refractivity contribution in [3.63, 3.8) is 0 Å². The number of rotatable bonds is 9. The van der Waals surface area contributed by atoms with Crippen molar-refractivity contribution < 1.29 is 4.74 Å². The first kappa shape index (κ1) is 34.6. The average Bonchev–Trinajstić information content (AvgIpc) is 3.30. The van der Waals surface area contributed by atoms with Crippen molar-refractivity contribution in [3.05, 3.63) is 194 Å². The predicted octanol–water partition coefficient (Wildman–Crippen LogP) is 11.4. The summed E-state index contributed by atoms with van der Waals surface area (Å²) in [6.45, 7) is 0. The first-order valence-electron chi connectivity index (χ1n) is 18.3. The molecule has 0 spiro atoms. The minimum atomic E-state index is 0.515. The van der Waals surface area contributed by atoms with Gasteiger partial charge in [-0.2, -0.15) is 5.26 Å². The van der Waals surface area contributed by atoms with Crippen molar-refractivity contribution in [1.82, 2.24) is 29.9 Å². The van der Waals surface area contributed by atoms with Gasteiger partial charge >= 0.3 is 0 Å². The summed E-state index contributed by atoms with van der Waals surface area (Å²) >= 11 is 0. The topological polar surface area (TPSA) is 110 Å². The number of hydrogen-bond acceptors (Lipinski definition) is 8. The van der Waals surface area contributed by atoms with Crippen molar-refractivity contribution in [3.8, 4) is 97.0 Å². The quantitative estimate of drug-likeness (QED) is 0.144. The molecule has 0 aliphatic rings. The van der Waals surface area contributed by atoms with E-state index >= 15 is 0 Å². The zero-order valence-corrected chi connectivity index (χ0v) is 30.4. The van der Waals surface area contributed by atoms with Gasteiger partial charge in [-0.3, -0.25) is 0 Å².